The SMILES string of the molecule is CC(C=C(c1ccccc1)c1ccccc1)(C=C(c1ccccc1)c1ccccc1)/C=N/OC(=O)C(F)(F)F. The fourth-order valence-electron chi connectivity index (χ4n) is 4.12. The summed E-state index contributed by atoms with van der Waals surface area (Å²) in [5.41, 5.74) is 4.21. The van der Waals surface area contributed by atoms with Gasteiger partial charge in [-0.2, -0.15) is 13.2 Å². The Balaban J connectivity index is 1.93. The molecule has 0 N–H and O–H groups in total. The van der Waals surface area contributed by atoms with Crippen LogP contribution >= 0.6 is 0 Å². The van der Waals surface area contributed by atoms with Crippen LogP contribution in [0, 0.1) is 5.41 Å². The second kappa shape index (κ2) is 12.2. The zero-order valence-corrected chi connectivity index (χ0v) is 21.2. The van der Waals surface area contributed by atoms with Crippen LogP contribution in [0.25, 0.3) is 11.1 Å². The molecule has 0 spiro atoms. The maximum absolute atomic E-state index is 12.8. The lowest BCUT2D eigenvalue weighted by Crippen LogP contribution is -2.24. The Bertz CT molecular complexity index is 1290. The minimum Gasteiger partial charge on any atom is -0.309 e. The minimum atomic E-state index is -5.15. The summed E-state index contributed by atoms with van der Waals surface area (Å²) >= 11 is 0. The molecule has 0 unspecified atom stereocenters. The first-order chi connectivity index (χ1) is 18.8. The predicted octanol–water partition coefficient (Wildman–Crippen LogP) is 8.35. The van der Waals surface area contributed by atoms with E-state index in [-0.39, 0.29) is 0 Å². The van der Waals surface area contributed by atoms with Gasteiger partial charge < -0.3 is 4.84 Å². The monoisotopic (exact) mass is 525 g/mol. The van der Waals surface area contributed by atoms with E-state index in [9.17, 15) is 18.0 Å². The Kier molecular flexibility index (Phi) is 8.56. The maximum Gasteiger partial charge on any atom is 0.493 e. The molecule has 196 valence electrons. The molecule has 0 atom stereocenters. The molecule has 4 aromatic rings. The number of nitrogens with zero attached hydrogens (tertiary/aromatic N) is 1. The normalized spacial score (nSPS) is 11.6. The van der Waals surface area contributed by atoms with Crippen LogP contribution in [0.2, 0.25) is 0 Å². The van der Waals surface area contributed by atoms with Gasteiger partial charge in [0.25, 0.3) is 0 Å². The first-order valence-electron chi connectivity index (χ1n) is 12.3. The molecule has 0 aromatic heterocycles. The topological polar surface area (TPSA) is 38.7 Å². The van der Waals surface area contributed by atoms with Crippen molar-refractivity contribution in [1.29, 1.82) is 0 Å². The lowest BCUT2D eigenvalue weighted by atomic mass is 9.81. The number of rotatable bonds is 8. The summed E-state index contributed by atoms with van der Waals surface area (Å²) in [7, 11) is 0. The van der Waals surface area contributed by atoms with Crippen molar-refractivity contribution in [3.63, 3.8) is 0 Å². The maximum atomic E-state index is 12.8. The molecule has 0 bridgehead atoms. The highest BCUT2D eigenvalue weighted by atomic mass is 19.4. The summed E-state index contributed by atoms with van der Waals surface area (Å²) in [5, 5.41) is 3.51. The van der Waals surface area contributed by atoms with Gasteiger partial charge in [0.2, 0.25) is 0 Å². The van der Waals surface area contributed by atoms with Crippen LogP contribution in [0.15, 0.2) is 139 Å². The summed E-state index contributed by atoms with van der Waals surface area (Å²) in [5.74, 6) is -2.38. The fourth-order valence-corrected chi connectivity index (χ4v) is 4.12. The summed E-state index contributed by atoms with van der Waals surface area (Å²) < 4.78 is 38.4. The molecule has 0 saturated heterocycles. The summed E-state index contributed by atoms with van der Waals surface area (Å²) in [6, 6.07) is 38.6. The molecule has 0 aliphatic carbocycles. The Hall–Kier alpha value is -4.71. The van der Waals surface area contributed by atoms with Crippen molar-refractivity contribution >= 4 is 23.3 Å². The van der Waals surface area contributed by atoms with E-state index < -0.39 is 17.6 Å². The molecule has 0 aliphatic rings. The summed E-state index contributed by atoms with van der Waals surface area (Å²) in [4.78, 5) is 15.6. The van der Waals surface area contributed by atoms with Crippen molar-refractivity contribution in [3.05, 3.63) is 156 Å². The highest BCUT2D eigenvalue weighted by molar-refractivity contribution is 5.89. The third-order valence-corrected chi connectivity index (χ3v) is 5.95. The fraction of sp³-hybridized carbons (Fsp3) is 0.0909. The van der Waals surface area contributed by atoms with Crippen molar-refractivity contribution in [2.24, 2.45) is 10.6 Å². The number of hydrogen-bond donors (Lipinski definition) is 0. The molecular formula is C33H26F3NO2. The van der Waals surface area contributed by atoms with Crippen LogP contribution in [0.5, 0.6) is 0 Å². The predicted molar refractivity (Wildman–Crippen MR) is 149 cm³/mol. The van der Waals surface area contributed by atoms with Gasteiger partial charge in [-0.25, -0.2) is 4.79 Å². The van der Waals surface area contributed by atoms with Crippen molar-refractivity contribution in [1.82, 2.24) is 0 Å². The van der Waals surface area contributed by atoms with Crippen molar-refractivity contribution in [3.8, 4) is 0 Å². The Morgan fingerprint density at radius 1 is 0.615 bits per heavy atom. The summed E-state index contributed by atoms with van der Waals surface area (Å²) in [6.07, 6.45) is -0.116. The number of halogens is 3. The highest BCUT2D eigenvalue weighted by Crippen LogP contribution is 2.34. The lowest BCUT2D eigenvalue weighted by molar-refractivity contribution is -0.199. The first-order valence-corrected chi connectivity index (χ1v) is 12.3. The zero-order valence-electron chi connectivity index (χ0n) is 21.2. The van der Waals surface area contributed by atoms with E-state index in [1.54, 1.807) is 6.92 Å². The van der Waals surface area contributed by atoms with Gasteiger partial charge in [0.1, 0.15) is 0 Å². The number of allylic oxidation sites excluding steroid dienone is 2. The average molecular weight is 526 g/mol. The van der Waals surface area contributed by atoms with Gasteiger partial charge in [0, 0.05) is 5.41 Å². The number of carbonyl (C=O) groups is 1. The molecule has 0 heterocycles. The Morgan fingerprint density at radius 3 is 1.21 bits per heavy atom. The molecule has 0 saturated carbocycles. The van der Waals surface area contributed by atoms with E-state index in [1.165, 1.54) is 6.21 Å². The van der Waals surface area contributed by atoms with Crippen LogP contribution < -0.4 is 0 Å². The van der Waals surface area contributed by atoms with Gasteiger partial charge in [-0.3, -0.25) is 0 Å². The highest BCUT2D eigenvalue weighted by Gasteiger charge is 2.41. The van der Waals surface area contributed by atoms with E-state index in [0.717, 1.165) is 33.4 Å². The van der Waals surface area contributed by atoms with Crippen LogP contribution in [0.3, 0.4) is 0 Å². The third kappa shape index (κ3) is 7.42. The largest absolute Gasteiger partial charge is 0.493 e. The molecule has 0 fully saturated rings. The first kappa shape index (κ1) is 27.3. The van der Waals surface area contributed by atoms with Crippen LogP contribution in [-0.2, 0) is 9.63 Å². The molecule has 0 radical (unpaired) electrons. The Morgan fingerprint density at radius 2 is 0.923 bits per heavy atom. The molecule has 4 aromatic carbocycles. The second-order valence-corrected chi connectivity index (χ2v) is 9.06. The van der Waals surface area contributed by atoms with Crippen LogP contribution in [0.4, 0.5) is 13.2 Å². The second-order valence-electron chi connectivity index (χ2n) is 9.06. The molecule has 0 amide bonds. The average Bonchev–Trinajstić information content (AvgIpc) is 2.96. The number of benzene rings is 4. The number of alkyl halides is 3. The van der Waals surface area contributed by atoms with Crippen molar-refractivity contribution in [2.75, 3.05) is 0 Å². The van der Waals surface area contributed by atoms with E-state index in [2.05, 4.69) is 9.99 Å². The van der Waals surface area contributed by atoms with Crippen LogP contribution in [-0.4, -0.2) is 18.4 Å². The molecule has 3 nitrogen and oxygen atoms in total. The molecule has 6 heteroatoms. The quantitative estimate of drug-likeness (QED) is 0.132. The van der Waals surface area contributed by atoms with E-state index in [4.69, 9.17) is 0 Å². The zero-order chi connectivity index (χ0) is 27.7. The number of hydrogen-bond acceptors (Lipinski definition) is 3. The lowest BCUT2D eigenvalue weighted by Gasteiger charge is -2.22. The van der Waals surface area contributed by atoms with E-state index in [1.807, 2.05) is 133 Å². The Labute approximate surface area is 225 Å². The third-order valence-electron chi connectivity index (χ3n) is 5.95. The number of oxime groups is 1. The van der Waals surface area contributed by atoms with Gasteiger partial charge in [0.15, 0.2) is 0 Å². The molecular weight excluding hydrogens is 499 g/mol. The molecule has 4 rings (SSSR count). The number of carbonyl (C=O) groups excluding carboxylic acids is 1. The smallest absolute Gasteiger partial charge is 0.309 e. The van der Waals surface area contributed by atoms with Crippen molar-refractivity contribution < 1.29 is 22.8 Å². The van der Waals surface area contributed by atoms with Gasteiger partial charge in [-0.1, -0.05) is 139 Å². The molecule has 39 heavy (non-hydrogen) atoms. The van der Waals surface area contributed by atoms with Gasteiger partial charge in [-0.15, -0.1) is 0 Å². The standard InChI is InChI=1S/C33H26F3NO2/c1-32(24-37-39-31(38)33(34,35)36,22-29(25-14-6-2-7-15-25)26-16-8-3-9-17-26)23-30(27-18-10-4-11-19-27)28-20-12-5-13-21-28/h2-24H,1H3/b37-24+. The van der Waals surface area contributed by atoms with Gasteiger partial charge in [0.05, 0.1) is 6.21 Å². The van der Waals surface area contributed by atoms with E-state index in [0.29, 0.717) is 0 Å². The summed E-state index contributed by atoms with van der Waals surface area (Å²) in [6.45, 7) is 1.80. The van der Waals surface area contributed by atoms with Gasteiger partial charge >= 0.3 is 12.1 Å². The van der Waals surface area contributed by atoms with Crippen LogP contribution in [0.1, 0.15) is 29.2 Å². The van der Waals surface area contributed by atoms with E-state index >= 15 is 0 Å². The minimum absolute atomic E-state index is 0.837. The van der Waals surface area contributed by atoms with Gasteiger partial charge in [-0.05, 0) is 40.3 Å². The van der Waals surface area contributed by atoms with Crippen molar-refractivity contribution in [2.45, 2.75) is 13.1 Å². The molecule has 0 aliphatic heterocycles.